The molecule has 1 aromatic heterocycles. The molecule has 0 saturated carbocycles. The van der Waals surface area contributed by atoms with Crippen molar-refractivity contribution < 1.29 is 14.3 Å². The third-order valence-electron chi connectivity index (χ3n) is 9.19. The number of aromatic amines is 1. The van der Waals surface area contributed by atoms with Crippen LogP contribution in [0.2, 0.25) is 0 Å². The number of benzene rings is 2. The van der Waals surface area contributed by atoms with Crippen LogP contribution in [0.15, 0.2) is 46.1 Å². The molecular weight excluding hydrogens is 560 g/mol. The van der Waals surface area contributed by atoms with Crippen LogP contribution in [0.3, 0.4) is 0 Å². The van der Waals surface area contributed by atoms with Gasteiger partial charge in [0.25, 0.3) is 17.3 Å². The summed E-state index contributed by atoms with van der Waals surface area (Å²) < 4.78 is 13.4. The van der Waals surface area contributed by atoms with E-state index in [4.69, 9.17) is 9.47 Å². The normalized spacial score (nSPS) is 20.3. The number of piperidine rings is 2. The number of H-pyrrole nitrogens is 1. The molecule has 0 bridgehead atoms. The summed E-state index contributed by atoms with van der Waals surface area (Å²) in [4.78, 5) is 32.7. The minimum absolute atomic E-state index is 0.130. The van der Waals surface area contributed by atoms with Gasteiger partial charge < -0.3 is 30.0 Å². The molecule has 9 heteroatoms. The molecule has 3 aliphatic rings. The first-order valence-electron chi connectivity index (χ1n) is 15.4. The van der Waals surface area contributed by atoms with E-state index in [9.17, 15) is 9.59 Å². The minimum Gasteiger partial charge on any atom is -0.448 e. The summed E-state index contributed by atoms with van der Waals surface area (Å²) in [5.41, 5.74) is 5.45. The van der Waals surface area contributed by atoms with Crippen molar-refractivity contribution in [1.29, 1.82) is 0 Å². The van der Waals surface area contributed by atoms with Gasteiger partial charge in [0.15, 0.2) is 11.5 Å². The van der Waals surface area contributed by atoms with Gasteiger partial charge in [-0.15, -0.1) is 11.8 Å². The summed E-state index contributed by atoms with van der Waals surface area (Å²) in [7, 11) is 0. The average molecular weight is 603 g/mol. The highest BCUT2D eigenvalue weighted by molar-refractivity contribution is 7.98. The Morgan fingerprint density at radius 1 is 1.05 bits per heavy atom. The Hall–Kier alpha value is -3.43. The Morgan fingerprint density at radius 3 is 2.44 bits per heavy atom. The molecule has 8 nitrogen and oxygen atoms in total. The van der Waals surface area contributed by atoms with Crippen molar-refractivity contribution in [3.8, 4) is 22.6 Å². The second-order valence-electron chi connectivity index (χ2n) is 12.1. The predicted octanol–water partition coefficient (Wildman–Crippen LogP) is 5.79. The zero-order valence-corrected chi connectivity index (χ0v) is 26.4. The first-order valence-corrected chi connectivity index (χ1v) is 16.7. The summed E-state index contributed by atoms with van der Waals surface area (Å²) in [6.45, 7) is 9.95. The summed E-state index contributed by atoms with van der Waals surface area (Å²) >= 11 is 1.50. The molecule has 3 aliphatic heterocycles. The Morgan fingerprint density at radius 2 is 1.74 bits per heavy atom. The van der Waals surface area contributed by atoms with Gasteiger partial charge in [-0.2, -0.15) is 0 Å². The lowest BCUT2D eigenvalue weighted by Gasteiger charge is -2.35. The molecular formula is C34H42N4O4S. The number of aryl methyl sites for hydroxylation is 1. The van der Waals surface area contributed by atoms with Crippen molar-refractivity contribution in [3.05, 3.63) is 69.1 Å². The van der Waals surface area contributed by atoms with Crippen molar-refractivity contribution in [2.45, 2.75) is 70.1 Å². The van der Waals surface area contributed by atoms with Gasteiger partial charge in [0.05, 0.1) is 0 Å². The lowest BCUT2D eigenvalue weighted by Crippen LogP contribution is -2.47. The van der Waals surface area contributed by atoms with Crippen LogP contribution in [-0.4, -0.2) is 49.1 Å². The van der Waals surface area contributed by atoms with Gasteiger partial charge in [-0.3, -0.25) is 9.59 Å². The number of pyridine rings is 1. The number of carbonyl (C=O) groups is 1. The van der Waals surface area contributed by atoms with Crippen LogP contribution >= 0.6 is 11.8 Å². The maximum absolute atomic E-state index is 13.8. The van der Waals surface area contributed by atoms with E-state index in [-0.39, 0.29) is 23.9 Å². The highest BCUT2D eigenvalue weighted by Gasteiger charge is 2.46. The Balaban J connectivity index is 1.35. The zero-order valence-electron chi connectivity index (χ0n) is 25.6. The molecule has 1 atom stereocenters. The SMILES string of the molecule is CSc1cc(C)[nH]c(=O)c1CNC(=O)c1cc(-c2ccc(N3CCCCC3)cc2)c2c(c1C)OC(C)(C1CCNCC1)O2. The smallest absolute Gasteiger partial charge is 0.254 e. The highest BCUT2D eigenvalue weighted by atomic mass is 32.2. The quantitative estimate of drug-likeness (QED) is 0.295. The molecule has 3 aromatic rings. The van der Waals surface area contributed by atoms with E-state index in [1.165, 1.54) is 36.7 Å². The fourth-order valence-corrected chi connectivity index (χ4v) is 7.36. The molecule has 0 aliphatic carbocycles. The number of amides is 1. The van der Waals surface area contributed by atoms with Gasteiger partial charge in [0, 0.05) is 71.0 Å². The number of hydrogen-bond acceptors (Lipinski definition) is 7. The molecule has 1 amide bonds. The van der Waals surface area contributed by atoms with Crippen molar-refractivity contribution in [2.24, 2.45) is 5.92 Å². The summed E-state index contributed by atoms with van der Waals surface area (Å²) in [5, 5.41) is 6.44. The summed E-state index contributed by atoms with van der Waals surface area (Å²) in [6, 6.07) is 12.4. The van der Waals surface area contributed by atoms with Crippen LogP contribution in [0.25, 0.3) is 11.1 Å². The van der Waals surface area contributed by atoms with Crippen LogP contribution in [0, 0.1) is 19.8 Å². The number of ether oxygens (including phenoxy) is 2. The van der Waals surface area contributed by atoms with Crippen LogP contribution in [0.4, 0.5) is 5.69 Å². The number of nitrogens with zero attached hydrogens (tertiary/aromatic N) is 1. The second kappa shape index (κ2) is 12.3. The first-order chi connectivity index (χ1) is 20.8. The molecule has 0 spiro atoms. The molecule has 6 rings (SSSR count). The molecule has 2 saturated heterocycles. The second-order valence-corrected chi connectivity index (χ2v) is 13.0. The van der Waals surface area contributed by atoms with Crippen LogP contribution < -0.4 is 30.6 Å². The Labute approximate surface area is 257 Å². The van der Waals surface area contributed by atoms with Gasteiger partial charge in [0.2, 0.25) is 0 Å². The number of nitrogens with one attached hydrogen (secondary N) is 3. The van der Waals surface area contributed by atoms with E-state index < -0.39 is 5.79 Å². The molecule has 1 unspecified atom stereocenters. The predicted molar refractivity (Wildman–Crippen MR) is 173 cm³/mol. The first kappa shape index (κ1) is 29.6. The number of rotatable bonds is 7. The molecule has 228 valence electrons. The molecule has 43 heavy (non-hydrogen) atoms. The fraction of sp³-hybridized carbons (Fsp3) is 0.471. The molecule has 4 heterocycles. The van der Waals surface area contributed by atoms with E-state index in [1.54, 1.807) is 0 Å². The zero-order chi connectivity index (χ0) is 30.1. The molecule has 2 fully saturated rings. The van der Waals surface area contributed by atoms with E-state index in [0.717, 1.165) is 66.3 Å². The third kappa shape index (κ3) is 5.89. The van der Waals surface area contributed by atoms with E-state index in [0.29, 0.717) is 22.6 Å². The van der Waals surface area contributed by atoms with Gasteiger partial charge in [0.1, 0.15) is 0 Å². The van der Waals surface area contributed by atoms with Gasteiger partial charge >= 0.3 is 0 Å². The molecule has 3 N–H and O–H groups in total. The van der Waals surface area contributed by atoms with E-state index >= 15 is 0 Å². The lowest BCUT2D eigenvalue weighted by atomic mass is 9.90. The van der Waals surface area contributed by atoms with E-state index in [1.807, 2.05) is 39.2 Å². The maximum Gasteiger partial charge on any atom is 0.254 e. The Bertz CT molecular complexity index is 1560. The minimum atomic E-state index is -0.810. The van der Waals surface area contributed by atoms with E-state index in [2.05, 4.69) is 44.8 Å². The standard InChI is InChI=1S/C34H42N4O4S/c1-21-18-29(43-4)28(33(40)37-21)20-36-32(39)26-19-27(23-8-10-25(11-9-23)38-16-6-5-7-17-38)31-30(22(26)2)41-34(3,42-31)24-12-14-35-15-13-24/h8-11,18-19,24,35H,5-7,12-17,20H2,1-4H3,(H,36,39)(H,37,40). The largest absolute Gasteiger partial charge is 0.448 e. The number of thioether (sulfide) groups is 1. The number of carbonyl (C=O) groups excluding carboxylic acids is 1. The lowest BCUT2D eigenvalue weighted by molar-refractivity contribution is -0.117. The van der Waals surface area contributed by atoms with Crippen molar-refractivity contribution >= 4 is 23.4 Å². The Kier molecular flexibility index (Phi) is 8.47. The number of aromatic nitrogens is 1. The average Bonchev–Trinajstić information content (AvgIpc) is 3.40. The fourth-order valence-electron chi connectivity index (χ4n) is 6.65. The van der Waals surface area contributed by atoms with Crippen LogP contribution in [0.1, 0.15) is 66.2 Å². The maximum atomic E-state index is 13.8. The van der Waals surface area contributed by atoms with Crippen molar-refractivity contribution in [1.82, 2.24) is 15.6 Å². The topological polar surface area (TPSA) is 95.7 Å². The third-order valence-corrected chi connectivity index (χ3v) is 10.00. The van der Waals surface area contributed by atoms with Crippen LogP contribution in [0.5, 0.6) is 11.5 Å². The monoisotopic (exact) mass is 602 g/mol. The van der Waals surface area contributed by atoms with Crippen molar-refractivity contribution in [2.75, 3.05) is 37.3 Å². The number of hydrogen-bond donors (Lipinski definition) is 3. The van der Waals surface area contributed by atoms with Crippen molar-refractivity contribution in [3.63, 3.8) is 0 Å². The van der Waals surface area contributed by atoms with Gasteiger partial charge in [-0.05, 0) is 95.1 Å². The van der Waals surface area contributed by atoms with Crippen LogP contribution in [-0.2, 0) is 6.54 Å². The van der Waals surface area contributed by atoms with Gasteiger partial charge in [-0.25, -0.2) is 0 Å². The molecule has 2 aromatic carbocycles. The summed E-state index contributed by atoms with van der Waals surface area (Å²) in [6.07, 6.45) is 7.58. The van der Waals surface area contributed by atoms with Gasteiger partial charge in [-0.1, -0.05) is 12.1 Å². The number of fused-ring (bicyclic) bond motifs is 1. The molecule has 0 radical (unpaired) electrons. The summed E-state index contributed by atoms with van der Waals surface area (Å²) in [5.74, 6) is 0.486. The number of anilines is 1. The highest BCUT2D eigenvalue weighted by Crippen LogP contribution is 2.52.